The molecule has 1 aromatic heterocycles. The average molecular weight is 690 g/mol. The van der Waals surface area contributed by atoms with Crippen molar-refractivity contribution in [2.45, 2.75) is 82.8 Å². The number of nitrogens with zero attached hydrogens (tertiary/aromatic N) is 2. The third kappa shape index (κ3) is 9.01. The molecule has 0 bridgehead atoms. The van der Waals surface area contributed by atoms with Crippen LogP contribution in [-0.4, -0.2) is 86.7 Å². The number of anilines is 1. The van der Waals surface area contributed by atoms with Gasteiger partial charge in [-0.2, -0.15) is 4.31 Å². The zero-order valence-corrected chi connectivity index (χ0v) is 29.4. The van der Waals surface area contributed by atoms with Crippen LogP contribution in [-0.2, 0) is 35.4 Å². The lowest BCUT2D eigenvalue weighted by atomic mass is 9.90. The standard InChI is InChI=1S/C34H47N3O8S2/c1-21(2)19-37(47(40,41)26-10-11-28-31(18-26)46-34(36-28)35-22(3)4)20-29(38)24(16-23-6-8-25(42-5)9-7-23)17-32(39)45-30-13-15-44-33-27(30)12-14-43-33/h6-11,18,21-22,24,27,29-30,33,38H,12-17,19-20H2,1-5H3,(H,35,36)/t24-,27+,29-,30+,33-/m1/s1. The van der Waals surface area contributed by atoms with E-state index < -0.39 is 28.0 Å². The van der Waals surface area contributed by atoms with E-state index in [9.17, 15) is 18.3 Å². The fourth-order valence-corrected chi connectivity index (χ4v) is 8.95. The van der Waals surface area contributed by atoms with Crippen molar-refractivity contribution in [3.8, 4) is 5.75 Å². The van der Waals surface area contributed by atoms with Crippen molar-refractivity contribution < 1.29 is 37.3 Å². The van der Waals surface area contributed by atoms with Gasteiger partial charge in [0.05, 0.1) is 48.0 Å². The number of benzene rings is 2. The SMILES string of the molecule is COc1ccc(C[C@H](CC(=O)O[C@H]2CCO[C@H]3OCC[C@H]32)[C@H](O)CN(CC(C)C)S(=O)(=O)c2ccc3nc(NC(C)C)sc3c2)cc1. The molecule has 0 saturated carbocycles. The molecule has 0 unspecified atom stereocenters. The fourth-order valence-electron chi connectivity index (χ4n) is 6.17. The Balaban J connectivity index is 1.36. The molecule has 2 aliphatic rings. The van der Waals surface area contributed by atoms with E-state index >= 15 is 0 Å². The van der Waals surface area contributed by atoms with Crippen LogP contribution in [0.5, 0.6) is 5.75 Å². The van der Waals surface area contributed by atoms with Crippen molar-refractivity contribution in [3.63, 3.8) is 0 Å². The monoisotopic (exact) mass is 689 g/mol. The quantitative estimate of drug-likeness (QED) is 0.208. The van der Waals surface area contributed by atoms with Crippen molar-refractivity contribution in [2.75, 3.05) is 38.7 Å². The van der Waals surface area contributed by atoms with Gasteiger partial charge in [-0.1, -0.05) is 37.3 Å². The first-order valence-electron chi connectivity index (χ1n) is 16.3. The maximum absolute atomic E-state index is 14.1. The number of aromatic nitrogens is 1. The van der Waals surface area contributed by atoms with Crippen LogP contribution in [0.3, 0.4) is 0 Å². The lowest BCUT2D eigenvalue weighted by molar-refractivity contribution is -0.195. The summed E-state index contributed by atoms with van der Waals surface area (Å²) >= 11 is 1.40. The van der Waals surface area contributed by atoms with E-state index in [2.05, 4.69) is 10.3 Å². The van der Waals surface area contributed by atoms with Gasteiger partial charge in [-0.25, -0.2) is 13.4 Å². The van der Waals surface area contributed by atoms with Gasteiger partial charge in [-0.05, 0) is 68.5 Å². The minimum absolute atomic E-state index is 0.00828. The van der Waals surface area contributed by atoms with Crippen LogP contribution < -0.4 is 10.1 Å². The Morgan fingerprint density at radius 2 is 1.81 bits per heavy atom. The molecule has 0 aliphatic carbocycles. The molecule has 5 rings (SSSR count). The van der Waals surface area contributed by atoms with Crippen LogP contribution in [0.4, 0.5) is 5.13 Å². The minimum atomic E-state index is -4.00. The molecule has 2 N–H and O–H groups in total. The van der Waals surface area contributed by atoms with Crippen LogP contribution >= 0.6 is 11.3 Å². The smallest absolute Gasteiger partial charge is 0.306 e. The Hall–Kier alpha value is -2.81. The van der Waals surface area contributed by atoms with E-state index in [1.807, 2.05) is 52.0 Å². The number of sulfonamides is 1. The second kappa shape index (κ2) is 15.6. The Bertz CT molecular complexity index is 1590. The molecule has 3 heterocycles. The molecule has 2 aromatic carbocycles. The van der Waals surface area contributed by atoms with E-state index in [0.717, 1.165) is 21.8 Å². The number of fused-ring (bicyclic) bond motifs is 2. The summed E-state index contributed by atoms with van der Waals surface area (Å²) in [4.78, 5) is 18.1. The van der Waals surface area contributed by atoms with Gasteiger partial charge >= 0.3 is 5.97 Å². The first kappa shape index (κ1) is 35.5. The molecule has 0 spiro atoms. The van der Waals surface area contributed by atoms with E-state index in [4.69, 9.17) is 18.9 Å². The number of methoxy groups -OCH3 is 1. The van der Waals surface area contributed by atoms with Crippen LogP contribution in [0.2, 0.25) is 0 Å². The van der Waals surface area contributed by atoms with Crippen molar-refractivity contribution in [2.24, 2.45) is 17.8 Å². The van der Waals surface area contributed by atoms with Gasteiger partial charge in [0.15, 0.2) is 11.4 Å². The number of thiazole rings is 1. The summed E-state index contributed by atoms with van der Waals surface area (Å²) in [6, 6.07) is 12.5. The second-order valence-electron chi connectivity index (χ2n) is 13.1. The van der Waals surface area contributed by atoms with Crippen molar-refractivity contribution in [1.29, 1.82) is 0 Å². The number of hydrogen-bond donors (Lipinski definition) is 2. The largest absolute Gasteiger partial charge is 0.497 e. The van der Waals surface area contributed by atoms with Crippen LogP contribution in [0, 0.1) is 17.8 Å². The minimum Gasteiger partial charge on any atom is -0.497 e. The number of aliphatic hydroxyl groups is 1. The number of esters is 1. The molecule has 2 aliphatic heterocycles. The summed E-state index contributed by atoms with van der Waals surface area (Å²) in [6.45, 7) is 8.94. The Morgan fingerprint density at radius 3 is 2.49 bits per heavy atom. The van der Waals surface area contributed by atoms with Gasteiger partial charge in [-0.3, -0.25) is 4.79 Å². The van der Waals surface area contributed by atoms with Crippen molar-refractivity contribution in [1.82, 2.24) is 9.29 Å². The Morgan fingerprint density at radius 1 is 1.09 bits per heavy atom. The van der Waals surface area contributed by atoms with E-state index in [1.54, 1.807) is 25.3 Å². The number of rotatable bonds is 15. The summed E-state index contributed by atoms with van der Waals surface area (Å²) in [6.07, 6.45) is -0.219. The highest BCUT2D eigenvalue weighted by Crippen LogP contribution is 2.34. The number of carbonyl (C=O) groups excluding carboxylic acids is 1. The number of hydrogen-bond acceptors (Lipinski definition) is 11. The molecule has 2 fully saturated rings. The summed E-state index contributed by atoms with van der Waals surface area (Å²) in [5.74, 6) is -0.370. The maximum Gasteiger partial charge on any atom is 0.306 e. The summed E-state index contributed by atoms with van der Waals surface area (Å²) in [5.41, 5.74) is 1.60. The molecule has 11 nitrogen and oxygen atoms in total. The number of carbonyl (C=O) groups is 1. The summed E-state index contributed by atoms with van der Waals surface area (Å²) in [7, 11) is -2.41. The number of ether oxygens (including phenoxy) is 4. The first-order chi connectivity index (χ1) is 22.4. The molecular weight excluding hydrogens is 643 g/mol. The van der Waals surface area contributed by atoms with Gasteiger partial charge in [0.25, 0.3) is 0 Å². The highest BCUT2D eigenvalue weighted by Gasteiger charge is 2.41. The van der Waals surface area contributed by atoms with E-state index in [0.29, 0.717) is 37.3 Å². The highest BCUT2D eigenvalue weighted by molar-refractivity contribution is 7.89. The second-order valence-corrected chi connectivity index (χ2v) is 16.1. The van der Waals surface area contributed by atoms with Crippen LogP contribution in [0.25, 0.3) is 10.2 Å². The third-order valence-corrected chi connectivity index (χ3v) is 11.3. The predicted molar refractivity (Wildman–Crippen MR) is 181 cm³/mol. The van der Waals surface area contributed by atoms with E-state index in [1.165, 1.54) is 15.6 Å². The summed E-state index contributed by atoms with van der Waals surface area (Å²) in [5, 5.41) is 15.7. The molecule has 258 valence electrons. The zero-order valence-electron chi connectivity index (χ0n) is 27.8. The fraction of sp³-hybridized carbons (Fsp3) is 0.588. The Labute approximate surface area is 281 Å². The Kier molecular flexibility index (Phi) is 11.8. The van der Waals surface area contributed by atoms with Crippen molar-refractivity contribution >= 4 is 42.7 Å². The predicted octanol–water partition coefficient (Wildman–Crippen LogP) is 5.08. The maximum atomic E-state index is 14.1. The lowest BCUT2D eigenvalue weighted by Crippen LogP contribution is -2.43. The van der Waals surface area contributed by atoms with Gasteiger partial charge in [0, 0.05) is 37.4 Å². The van der Waals surface area contributed by atoms with Gasteiger partial charge in [0.2, 0.25) is 10.0 Å². The molecule has 5 atom stereocenters. The first-order valence-corrected chi connectivity index (χ1v) is 18.6. The number of aliphatic hydroxyl groups excluding tert-OH is 1. The molecule has 0 radical (unpaired) electrons. The zero-order chi connectivity index (χ0) is 33.7. The van der Waals surface area contributed by atoms with Crippen LogP contribution in [0.1, 0.15) is 52.5 Å². The lowest BCUT2D eigenvalue weighted by Gasteiger charge is -2.33. The summed E-state index contributed by atoms with van der Waals surface area (Å²) < 4.78 is 52.9. The molecule has 13 heteroatoms. The molecule has 47 heavy (non-hydrogen) atoms. The number of nitrogens with one attached hydrogen (secondary N) is 1. The highest BCUT2D eigenvalue weighted by atomic mass is 32.2. The van der Waals surface area contributed by atoms with E-state index in [-0.39, 0.29) is 54.7 Å². The molecule has 0 amide bonds. The van der Waals surface area contributed by atoms with Gasteiger partial charge in [-0.15, -0.1) is 0 Å². The molecular formula is C34H47N3O8S2. The molecule has 3 aromatic rings. The van der Waals surface area contributed by atoms with Crippen LogP contribution in [0.15, 0.2) is 47.4 Å². The third-order valence-electron chi connectivity index (χ3n) is 8.53. The van der Waals surface area contributed by atoms with Gasteiger partial charge < -0.3 is 29.4 Å². The molecule has 2 saturated heterocycles. The van der Waals surface area contributed by atoms with Gasteiger partial charge in [0.1, 0.15) is 11.9 Å². The topological polar surface area (TPSA) is 137 Å². The normalized spacial score (nSPS) is 21.3. The average Bonchev–Trinajstić information content (AvgIpc) is 3.67. The van der Waals surface area contributed by atoms with Crippen molar-refractivity contribution in [3.05, 3.63) is 48.0 Å².